The SMILES string of the molecule is Cc1ccc(NC(=O)OC(C)(C)C)cc1C(=O)NC(C)c1ccc(C#CC2CCN(C(=O)CCCCC(=O)N3CCC(c4ccc5c(c4)n(C)c(=O)n5C4CCC(=O)NC4=O)CC3)CC2)c2ccccc12.O=CO. The number of likely N-dealkylation sites (tertiary alicyclic amines) is 2. The number of carbonyl (C=O) groups is 7. The Morgan fingerprint density at radius 3 is 2.11 bits per heavy atom. The molecule has 4 aromatic carbocycles. The number of benzene rings is 4. The fourth-order valence-corrected chi connectivity index (χ4v) is 10.2. The van der Waals surface area contributed by atoms with Gasteiger partial charge < -0.3 is 25.0 Å². The normalized spacial score (nSPS) is 16.8. The quantitative estimate of drug-likeness (QED) is 0.0434. The van der Waals surface area contributed by atoms with Crippen LogP contribution < -0.4 is 21.6 Å². The van der Waals surface area contributed by atoms with Crippen molar-refractivity contribution in [2.24, 2.45) is 13.0 Å². The van der Waals surface area contributed by atoms with Crippen LogP contribution in [-0.2, 0) is 35.8 Å². The molecule has 0 spiro atoms. The molecule has 4 N–H and O–H groups in total. The molecule has 0 bridgehead atoms. The van der Waals surface area contributed by atoms with E-state index in [2.05, 4.69) is 27.8 Å². The molecule has 5 aromatic rings. The third kappa shape index (κ3) is 13.1. The van der Waals surface area contributed by atoms with Crippen molar-refractivity contribution in [3.63, 3.8) is 0 Å². The fraction of sp³-hybridized carbons (Fsp3) is 0.439. The number of unbranched alkanes of at least 4 members (excludes halogenated alkanes) is 1. The van der Waals surface area contributed by atoms with Gasteiger partial charge in [-0.1, -0.05) is 54.3 Å². The lowest BCUT2D eigenvalue weighted by Crippen LogP contribution is -2.44. The molecule has 74 heavy (non-hydrogen) atoms. The van der Waals surface area contributed by atoms with Gasteiger partial charge in [-0.2, -0.15) is 0 Å². The Bertz CT molecular complexity index is 3070. The lowest BCUT2D eigenvalue weighted by molar-refractivity contribution is -0.136. The van der Waals surface area contributed by atoms with E-state index in [-0.39, 0.29) is 66.5 Å². The fourth-order valence-electron chi connectivity index (χ4n) is 10.2. The van der Waals surface area contributed by atoms with E-state index < -0.39 is 23.6 Å². The Kier molecular flexibility index (Phi) is 17.4. The maximum Gasteiger partial charge on any atom is 0.412 e. The molecule has 390 valence electrons. The number of fused-ring (bicyclic) bond motifs is 2. The first-order valence-electron chi connectivity index (χ1n) is 25.5. The number of carboxylic acid groups (broad SMARTS) is 1. The molecule has 3 fully saturated rings. The second kappa shape index (κ2) is 23.9. The van der Waals surface area contributed by atoms with Crippen LogP contribution in [0.25, 0.3) is 21.8 Å². The highest BCUT2D eigenvalue weighted by molar-refractivity contribution is 6.00. The number of hydrogen-bond donors (Lipinski definition) is 4. The molecule has 0 saturated carbocycles. The summed E-state index contributed by atoms with van der Waals surface area (Å²) in [5, 5.41) is 17.1. The molecule has 2 unspecified atom stereocenters. The number of carbonyl (C=O) groups excluding carboxylic acids is 6. The second-order valence-corrected chi connectivity index (χ2v) is 20.4. The first-order chi connectivity index (χ1) is 35.3. The van der Waals surface area contributed by atoms with E-state index in [9.17, 15) is 33.6 Å². The minimum Gasteiger partial charge on any atom is -0.483 e. The first kappa shape index (κ1) is 54.0. The highest BCUT2D eigenvalue weighted by atomic mass is 16.6. The molecule has 0 radical (unpaired) electrons. The van der Waals surface area contributed by atoms with Crippen molar-refractivity contribution in [3.05, 3.63) is 111 Å². The molecule has 8 rings (SSSR count). The molecule has 4 heterocycles. The van der Waals surface area contributed by atoms with Crippen molar-refractivity contribution in [3.8, 4) is 11.8 Å². The minimum atomic E-state index is -0.728. The number of nitrogens with one attached hydrogen (secondary N) is 3. The number of piperidine rings is 3. The van der Waals surface area contributed by atoms with Crippen LogP contribution in [0.3, 0.4) is 0 Å². The van der Waals surface area contributed by atoms with Gasteiger partial charge in [0.1, 0.15) is 11.6 Å². The van der Waals surface area contributed by atoms with Crippen LogP contribution in [0.5, 0.6) is 0 Å². The highest BCUT2D eigenvalue weighted by Gasteiger charge is 2.32. The van der Waals surface area contributed by atoms with E-state index in [4.69, 9.17) is 14.6 Å². The van der Waals surface area contributed by atoms with Crippen molar-refractivity contribution >= 4 is 69.6 Å². The van der Waals surface area contributed by atoms with E-state index >= 15 is 0 Å². The summed E-state index contributed by atoms with van der Waals surface area (Å²) in [5.41, 5.74) is 5.11. The average molecular weight is 1010 g/mol. The van der Waals surface area contributed by atoms with Gasteiger partial charge in [0.2, 0.25) is 23.6 Å². The van der Waals surface area contributed by atoms with Gasteiger partial charge in [-0.25, -0.2) is 9.59 Å². The summed E-state index contributed by atoms with van der Waals surface area (Å²) in [5.74, 6) is 6.51. The van der Waals surface area contributed by atoms with Gasteiger partial charge in [-0.05, 0) is 143 Å². The third-order valence-corrected chi connectivity index (χ3v) is 14.1. The zero-order chi connectivity index (χ0) is 53.3. The largest absolute Gasteiger partial charge is 0.483 e. The first-order valence-corrected chi connectivity index (χ1v) is 25.5. The molecule has 0 aliphatic carbocycles. The number of imidazole rings is 1. The monoisotopic (exact) mass is 1010 g/mol. The molecule has 3 aliphatic rings. The highest BCUT2D eigenvalue weighted by Crippen LogP contribution is 2.33. The Morgan fingerprint density at radius 2 is 1.47 bits per heavy atom. The van der Waals surface area contributed by atoms with Gasteiger partial charge in [0.05, 0.1) is 17.1 Å². The Morgan fingerprint density at radius 1 is 0.838 bits per heavy atom. The number of anilines is 1. The van der Waals surface area contributed by atoms with Gasteiger partial charge in [0, 0.05) is 75.2 Å². The number of rotatable bonds is 11. The molecule has 2 atom stereocenters. The molecule has 17 heteroatoms. The summed E-state index contributed by atoms with van der Waals surface area (Å²) in [4.78, 5) is 102. The summed E-state index contributed by atoms with van der Waals surface area (Å²) < 4.78 is 8.43. The Labute approximate surface area is 431 Å². The van der Waals surface area contributed by atoms with Crippen LogP contribution in [0.1, 0.15) is 143 Å². The number of aryl methyl sites for hydroxylation is 2. The zero-order valence-corrected chi connectivity index (χ0v) is 43.1. The lowest BCUT2D eigenvalue weighted by Gasteiger charge is -2.32. The van der Waals surface area contributed by atoms with Crippen molar-refractivity contribution in [2.75, 3.05) is 31.5 Å². The smallest absolute Gasteiger partial charge is 0.412 e. The molecular weight excluding hydrogens is 943 g/mol. The van der Waals surface area contributed by atoms with Gasteiger partial charge in [0.15, 0.2) is 0 Å². The van der Waals surface area contributed by atoms with Crippen LogP contribution >= 0.6 is 0 Å². The van der Waals surface area contributed by atoms with E-state index in [1.807, 2.05) is 78.2 Å². The van der Waals surface area contributed by atoms with Crippen molar-refractivity contribution < 1.29 is 43.4 Å². The van der Waals surface area contributed by atoms with E-state index in [0.717, 1.165) is 64.2 Å². The van der Waals surface area contributed by atoms with Crippen LogP contribution in [0.4, 0.5) is 10.5 Å². The van der Waals surface area contributed by atoms with E-state index in [1.54, 1.807) is 50.6 Å². The molecule has 3 saturated heterocycles. The molecule has 1 aromatic heterocycles. The van der Waals surface area contributed by atoms with Crippen molar-refractivity contribution in [2.45, 2.75) is 122 Å². The number of ether oxygens (including phenoxy) is 1. The minimum absolute atomic E-state index is 0.113. The van der Waals surface area contributed by atoms with Crippen molar-refractivity contribution in [1.82, 2.24) is 29.6 Å². The average Bonchev–Trinajstić information content (AvgIpc) is 3.61. The number of nitrogens with zero attached hydrogens (tertiary/aromatic N) is 4. The molecule has 3 aliphatic heterocycles. The number of imide groups is 1. The van der Waals surface area contributed by atoms with Gasteiger partial charge in [-0.3, -0.25) is 48.5 Å². The van der Waals surface area contributed by atoms with Gasteiger partial charge in [0.25, 0.3) is 12.4 Å². The number of hydrogen-bond acceptors (Lipinski definition) is 9. The summed E-state index contributed by atoms with van der Waals surface area (Å²) >= 11 is 0. The summed E-state index contributed by atoms with van der Waals surface area (Å²) in [6.07, 6.45) is 5.21. The predicted octanol–water partition coefficient (Wildman–Crippen LogP) is 7.87. The summed E-state index contributed by atoms with van der Waals surface area (Å²) in [6.45, 7) is 11.5. The molecule has 6 amide bonds. The Balaban J connectivity index is 0.00000260. The van der Waals surface area contributed by atoms with Gasteiger partial charge in [-0.15, -0.1) is 0 Å². The van der Waals surface area contributed by atoms with Crippen LogP contribution in [0, 0.1) is 24.7 Å². The van der Waals surface area contributed by atoms with Crippen LogP contribution in [-0.4, -0.2) is 97.9 Å². The lowest BCUT2D eigenvalue weighted by atomic mass is 9.89. The maximum absolute atomic E-state index is 13.6. The maximum atomic E-state index is 13.6. The van der Waals surface area contributed by atoms with Crippen LogP contribution in [0.2, 0.25) is 0 Å². The van der Waals surface area contributed by atoms with Gasteiger partial charge >= 0.3 is 11.8 Å². The predicted molar refractivity (Wildman–Crippen MR) is 281 cm³/mol. The standard InChI is InChI=1S/C56H65N7O8.CH2O2/c1-35-15-20-41(58-54(69)71-56(3,4)5)34-45(35)52(67)57-36(2)42-21-18-39(43-11-7-8-12-44(42)43)17-16-37-25-29-61(30-26-37)50(65)13-9-10-14-51(66)62-31-27-38(28-32-62)40-19-22-46-48(33-40)60(6)55(70)63(46)47-23-24-49(64)59-53(47)68;2-1-3/h7-8,11-12,15,18-22,33-34,36-38,47H,9-10,13-14,23-32H2,1-6H3,(H,57,67)(H,58,69)(H,59,64,68);1H,(H,2,3). The zero-order valence-electron chi connectivity index (χ0n) is 43.1. The second-order valence-electron chi connectivity index (χ2n) is 20.4. The molecular formula is C57H67N7O10. The van der Waals surface area contributed by atoms with E-state index in [1.165, 1.54) is 4.57 Å². The summed E-state index contributed by atoms with van der Waals surface area (Å²) in [7, 11) is 1.70. The number of amides is 6. The number of aromatic nitrogens is 2. The third-order valence-electron chi connectivity index (χ3n) is 14.1. The topological polar surface area (TPSA) is 218 Å². The van der Waals surface area contributed by atoms with Crippen LogP contribution in [0.15, 0.2) is 77.6 Å². The van der Waals surface area contributed by atoms with E-state index in [0.29, 0.717) is 68.6 Å². The summed E-state index contributed by atoms with van der Waals surface area (Å²) in [6, 6.07) is 22.1. The van der Waals surface area contributed by atoms with Crippen molar-refractivity contribution in [1.29, 1.82) is 0 Å². The molecule has 17 nitrogen and oxygen atoms in total. The Hall–Kier alpha value is -7.74.